The number of nitrogens with zero attached hydrogens (tertiary/aromatic N) is 2. The fourth-order valence-corrected chi connectivity index (χ4v) is 1.89. The van der Waals surface area contributed by atoms with E-state index in [2.05, 4.69) is 36.5 Å². The average molecular weight is 328 g/mol. The molecule has 0 atom stereocenters. The molecule has 0 aliphatic rings. The standard InChI is InChI=1S/C12H12BrClN4/c1-7-3-4-9(14)10(5-7)17-11-8(13)6-16-12(15-2)18-11/h3-6H,1-2H3,(H2,15,16,17,18). The van der Waals surface area contributed by atoms with Gasteiger partial charge in [0.05, 0.1) is 15.2 Å². The summed E-state index contributed by atoms with van der Waals surface area (Å²) in [6, 6.07) is 5.78. The van der Waals surface area contributed by atoms with Crippen LogP contribution in [0, 0.1) is 6.92 Å². The first-order valence-corrected chi connectivity index (χ1v) is 6.50. The summed E-state index contributed by atoms with van der Waals surface area (Å²) in [5.74, 6) is 1.21. The molecular formula is C12H12BrClN4. The second kappa shape index (κ2) is 5.54. The minimum absolute atomic E-state index is 0.546. The van der Waals surface area contributed by atoms with Crippen LogP contribution in [-0.2, 0) is 0 Å². The SMILES string of the molecule is CNc1ncc(Br)c(Nc2cc(C)ccc2Cl)n1. The summed E-state index contributed by atoms with van der Waals surface area (Å²) in [5, 5.41) is 6.73. The molecule has 0 unspecified atom stereocenters. The van der Waals surface area contributed by atoms with Crippen molar-refractivity contribution in [2.75, 3.05) is 17.7 Å². The van der Waals surface area contributed by atoms with Crippen LogP contribution in [0.3, 0.4) is 0 Å². The maximum absolute atomic E-state index is 6.14. The lowest BCUT2D eigenvalue weighted by molar-refractivity contribution is 1.14. The summed E-state index contributed by atoms with van der Waals surface area (Å²) in [5.41, 5.74) is 1.94. The minimum atomic E-state index is 0.546. The molecule has 4 nitrogen and oxygen atoms in total. The average Bonchev–Trinajstić information content (AvgIpc) is 2.36. The zero-order chi connectivity index (χ0) is 13.1. The Bertz CT molecular complexity index is 574. The predicted molar refractivity (Wildman–Crippen MR) is 78.8 cm³/mol. The van der Waals surface area contributed by atoms with Crippen LogP contribution >= 0.6 is 27.5 Å². The molecule has 0 fully saturated rings. The van der Waals surface area contributed by atoms with Crippen molar-refractivity contribution in [3.8, 4) is 0 Å². The van der Waals surface area contributed by atoms with Gasteiger partial charge in [0, 0.05) is 13.2 Å². The van der Waals surface area contributed by atoms with Crippen molar-refractivity contribution >= 4 is 45.0 Å². The van der Waals surface area contributed by atoms with Gasteiger partial charge in [0.25, 0.3) is 0 Å². The second-order valence-corrected chi connectivity index (χ2v) is 5.01. The Kier molecular flexibility index (Phi) is 4.04. The molecule has 0 aliphatic carbocycles. The van der Waals surface area contributed by atoms with E-state index in [0.29, 0.717) is 16.8 Å². The number of aromatic nitrogens is 2. The van der Waals surface area contributed by atoms with Crippen LogP contribution in [0.4, 0.5) is 17.5 Å². The second-order valence-electron chi connectivity index (χ2n) is 3.75. The molecule has 18 heavy (non-hydrogen) atoms. The Labute approximate surface area is 119 Å². The van der Waals surface area contributed by atoms with E-state index in [-0.39, 0.29) is 0 Å². The predicted octanol–water partition coefficient (Wildman–Crippen LogP) is 3.99. The van der Waals surface area contributed by atoms with E-state index < -0.39 is 0 Å². The van der Waals surface area contributed by atoms with Crippen molar-refractivity contribution in [2.24, 2.45) is 0 Å². The van der Waals surface area contributed by atoms with Crippen LogP contribution in [0.2, 0.25) is 5.02 Å². The molecule has 0 saturated heterocycles. The van der Waals surface area contributed by atoms with E-state index in [1.807, 2.05) is 25.1 Å². The fourth-order valence-electron chi connectivity index (χ4n) is 1.44. The van der Waals surface area contributed by atoms with Gasteiger partial charge in [0.15, 0.2) is 0 Å². The van der Waals surface area contributed by atoms with Gasteiger partial charge in [-0.05, 0) is 40.5 Å². The van der Waals surface area contributed by atoms with Crippen molar-refractivity contribution < 1.29 is 0 Å². The summed E-state index contributed by atoms with van der Waals surface area (Å²) in [6.07, 6.45) is 1.69. The van der Waals surface area contributed by atoms with Crippen molar-refractivity contribution in [1.82, 2.24) is 9.97 Å². The number of aryl methyl sites for hydroxylation is 1. The third-order valence-corrected chi connectivity index (χ3v) is 3.25. The lowest BCUT2D eigenvalue weighted by atomic mass is 10.2. The molecule has 0 aliphatic heterocycles. The van der Waals surface area contributed by atoms with Crippen molar-refractivity contribution in [3.05, 3.63) is 39.5 Å². The Morgan fingerprint density at radius 1 is 1.33 bits per heavy atom. The van der Waals surface area contributed by atoms with Gasteiger partial charge in [-0.15, -0.1) is 0 Å². The molecule has 1 aromatic carbocycles. The molecule has 2 rings (SSSR count). The third-order valence-electron chi connectivity index (χ3n) is 2.34. The van der Waals surface area contributed by atoms with Crippen LogP contribution in [0.5, 0.6) is 0 Å². The first-order valence-electron chi connectivity index (χ1n) is 5.33. The van der Waals surface area contributed by atoms with E-state index in [4.69, 9.17) is 11.6 Å². The van der Waals surface area contributed by atoms with Gasteiger partial charge in [-0.3, -0.25) is 0 Å². The molecule has 1 aromatic heterocycles. The van der Waals surface area contributed by atoms with Gasteiger partial charge in [-0.25, -0.2) is 4.98 Å². The number of hydrogen-bond acceptors (Lipinski definition) is 4. The highest BCUT2D eigenvalue weighted by molar-refractivity contribution is 9.10. The maximum Gasteiger partial charge on any atom is 0.224 e. The van der Waals surface area contributed by atoms with E-state index in [9.17, 15) is 0 Å². The third kappa shape index (κ3) is 2.91. The molecule has 0 amide bonds. The van der Waals surface area contributed by atoms with E-state index >= 15 is 0 Å². The van der Waals surface area contributed by atoms with Crippen LogP contribution in [-0.4, -0.2) is 17.0 Å². The monoisotopic (exact) mass is 326 g/mol. The quantitative estimate of drug-likeness (QED) is 0.895. The lowest BCUT2D eigenvalue weighted by Gasteiger charge is -2.10. The van der Waals surface area contributed by atoms with Gasteiger partial charge in [-0.1, -0.05) is 17.7 Å². The van der Waals surface area contributed by atoms with Crippen LogP contribution < -0.4 is 10.6 Å². The topological polar surface area (TPSA) is 49.8 Å². The molecule has 0 spiro atoms. The summed E-state index contributed by atoms with van der Waals surface area (Å²) in [4.78, 5) is 8.41. The molecule has 2 N–H and O–H groups in total. The van der Waals surface area contributed by atoms with Crippen molar-refractivity contribution in [2.45, 2.75) is 6.92 Å². The molecule has 1 heterocycles. The van der Waals surface area contributed by atoms with Crippen LogP contribution in [0.1, 0.15) is 5.56 Å². The van der Waals surface area contributed by atoms with E-state index in [0.717, 1.165) is 15.7 Å². The first kappa shape index (κ1) is 13.1. The summed E-state index contributed by atoms with van der Waals surface area (Å²) >= 11 is 9.54. The molecule has 6 heteroatoms. The van der Waals surface area contributed by atoms with Crippen LogP contribution in [0.15, 0.2) is 28.9 Å². The zero-order valence-electron chi connectivity index (χ0n) is 9.96. The highest BCUT2D eigenvalue weighted by Gasteiger charge is 2.07. The lowest BCUT2D eigenvalue weighted by Crippen LogP contribution is -2.01. The number of anilines is 3. The number of rotatable bonds is 3. The van der Waals surface area contributed by atoms with Gasteiger partial charge in [0.2, 0.25) is 5.95 Å². The first-order chi connectivity index (χ1) is 8.60. The summed E-state index contributed by atoms with van der Waals surface area (Å²) in [7, 11) is 1.77. The maximum atomic E-state index is 6.14. The largest absolute Gasteiger partial charge is 0.357 e. The minimum Gasteiger partial charge on any atom is -0.357 e. The van der Waals surface area contributed by atoms with E-state index in [1.165, 1.54) is 0 Å². The van der Waals surface area contributed by atoms with Gasteiger partial charge in [-0.2, -0.15) is 4.98 Å². The molecule has 94 valence electrons. The number of halogens is 2. The Balaban J connectivity index is 2.36. The number of nitrogens with one attached hydrogen (secondary N) is 2. The van der Waals surface area contributed by atoms with E-state index in [1.54, 1.807) is 13.2 Å². The smallest absolute Gasteiger partial charge is 0.224 e. The van der Waals surface area contributed by atoms with Gasteiger partial charge >= 0.3 is 0 Å². The highest BCUT2D eigenvalue weighted by atomic mass is 79.9. The molecule has 0 bridgehead atoms. The van der Waals surface area contributed by atoms with Crippen molar-refractivity contribution in [1.29, 1.82) is 0 Å². The van der Waals surface area contributed by atoms with Gasteiger partial charge < -0.3 is 10.6 Å². The molecule has 0 radical (unpaired) electrons. The fraction of sp³-hybridized carbons (Fsp3) is 0.167. The molecule has 2 aromatic rings. The Morgan fingerprint density at radius 3 is 2.83 bits per heavy atom. The van der Waals surface area contributed by atoms with Crippen LogP contribution in [0.25, 0.3) is 0 Å². The normalized spacial score (nSPS) is 10.2. The summed E-state index contributed by atoms with van der Waals surface area (Å²) < 4.78 is 0.777. The number of hydrogen-bond donors (Lipinski definition) is 2. The Hall–Kier alpha value is -1.33. The molecular weight excluding hydrogens is 316 g/mol. The Morgan fingerprint density at radius 2 is 2.11 bits per heavy atom. The summed E-state index contributed by atoms with van der Waals surface area (Å²) in [6.45, 7) is 2.01. The van der Waals surface area contributed by atoms with Gasteiger partial charge in [0.1, 0.15) is 5.82 Å². The van der Waals surface area contributed by atoms with Crippen molar-refractivity contribution in [3.63, 3.8) is 0 Å². The zero-order valence-corrected chi connectivity index (χ0v) is 12.3. The highest BCUT2D eigenvalue weighted by Crippen LogP contribution is 2.29. The molecule has 0 saturated carbocycles. The number of benzene rings is 1.